The van der Waals surface area contributed by atoms with Gasteiger partial charge in [0.15, 0.2) is 5.78 Å². The van der Waals surface area contributed by atoms with E-state index in [1.165, 1.54) is 6.92 Å². The molecule has 1 aromatic carbocycles. The van der Waals surface area contributed by atoms with E-state index in [1.807, 2.05) is 7.05 Å². The minimum atomic E-state index is 0.0320. The van der Waals surface area contributed by atoms with Gasteiger partial charge in [-0.3, -0.25) is 9.59 Å². The predicted molar refractivity (Wildman–Crippen MR) is 73.0 cm³/mol. The minimum absolute atomic E-state index is 0.0320. The number of nitrogens with zero attached hydrogens (tertiary/aromatic N) is 1. The fourth-order valence-corrected chi connectivity index (χ4v) is 1.65. The molecule has 0 heterocycles. The Hall–Kier alpha value is -1.68. The second-order valence-electron chi connectivity index (χ2n) is 4.26. The first kappa shape index (κ1) is 14.4. The van der Waals surface area contributed by atoms with Crippen LogP contribution >= 0.6 is 0 Å². The van der Waals surface area contributed by atoms with Crippen molar-refractivity contribution in [1.82, 2.24) is 5.32 Å². The minimum Gasteiger partial charge on any atom is -0.320 e. The van der Waals surface area contributed by atoms with Crippen LogP contribution in [0.5, 0.6) is 0 Å². The van der Waals surface area contributed by atoms with Crippen molar-refractivity contribution in [3.05, 3.63) is 29.8 Å². The Morgan fingerprint density at radius 2 is 1.83 bits per heavy atom. The molecule has 4 heteroatoms. The standard InChI is InChI=1S/C14H20N2O2/c1-11(17)12-6-8-13(9-7-12)16(3)14(18)5-4-10-15-2/h6-9,15H,4-5,10H2,1-3H3. The largest absolute Gasteiger partial charge is 0.320 e. The van der Waals surface area contributed by atoms with E-state index in [1.54, 1.807) is 36.2 Å². The van der Waals surface area contributed by atoms with E-state index in [-0.39, 0.29) is 11.7 Å². The van der Waals surface area contributed by atoms with Gasteiger partial charge in [-0.2, -0.15) is 0 Å². The van der Waals surface area contributed by atoms with Gasteiger partial charge in [-0.1, -0.05) is 0 Å². The van der Waals surface area contributed by atoms with E-state index in [0.29, 0.717) is 12.0 Å². The first-order valence-corrected chi connectivity index (χ1v) is 6.08. The highest BCUT2D eigenvalue weighted by molar-refractivity contribution is 5.96. The summed E-state index contributed by atoms with van der Waals surface area (Å²) in [7, 11) is 3.62. The van der Waals surface area contributed by atoms with Crippen LogP contribution in [-0.4, -0.2) is 32.3 Å². The topological polar surface area (TPSA) is 49.4 Å². The summed E-state index contributed by atoms with van der Waals surface area (Å²) in [6.07, 6.45) is 1.34. The number of nitrogens with one attached hydrogen (secondary N) is 1. The van der Waals surface area contributed by atoms with Gasteiger partial charge in [0.25, 0.3) is 0 Å². The first-order valence-electron chi connectivity index (χ1n) is 6.08. The molecule has 0 aromatic heterocycles. The Kier molecular flexibility index (Phi) is 5.52. The number of anilines is 1. The molecule has 4 nitrogen and oxygen atoms in total. The second-order valence-corrected chi connectivity index (χ2v) is 4.26. The SMILES string of the molecule is CNCCCC(=O)N(C)c1ccc(C(C)=O)cc1. The lowest BCUT2D eigenvalue weighted by atomic mass is 10.1. The molecule has 0 bridgehead atoms. The molecule has 18 heavy (non-hydrogen) atoms. The van der Waals surface area contributed by atoms with Gasteiger partial charge in [-0.25, -0.2) is 0 Å². The molecule has 0 atom stereocenters. The quantitative estimate of drug-likeness (QED) is 0.617. The van der Waals surface area contributed by atoms with Gasteiger partial charge in [-0.15, -0.1) is 0 Å². The number of hydrogen-bond donors (Lipinski definition) is 1. The van der Waals surface area contributed by atoms with E-state index in [0.717, 1.165) is 18.7 Å². The van der Waals surface area contributed by atoms with Crippen LogP contribution in [0, 0.1) is 0 Å². The maximum absolute atomic E-state index is 11.9. The highest BCUT2D eigenvalue weighted by Gasteiger charge is 2.10. The molecule has 0 aliphatic heterocycles. The smallest absolute Gasteiger partial charge is 0.226 e. The van der Waals surface area contributed by atoms with Crippen molar-refractivity contribution < 1.29 is 9.59 Å². The lowest BCUT2D eigenvalue weighted by molar-refractivity contribution is -0.118. The number of hydrogen-bond acceptors (Lipinski definition) is 3. The molecule has 0 unspecified atom stereocenters. The number of carbonyl (C=O) groups is 2. The van der Waals surface area contributed by atoms with Gasteiger partial charge >= 0.3 is 0 Å². The summed E-state index contributed by atoms with van der Waals surface area (Å²) in [5, 5.41) is 3.01. The van der Waals surface area contributed by atoms with Crippen LogP contribution in [0.25, 0.3) is 0 Å². The van der Waals surface area contributed by atoms with Crippen LogP contribution in [-0.2, 0) is 4.79 Å². The van der Waals surface area contributed by atoms with Gasteiger partial charge in [0.1, 0.15) is 0 Å². The van der Waals surface area contributed by atoms with Crippen LogP contribution in [0.4, 0.5) is 5.69 Å². The van der Waals surface area contributed by atoms with Crippen molar-refractivity contribution in [2.45, 2.75) is 19.8 Å². The first-order chi connectivity index (χ1) is 8.56. The number of Topliss-reactive ketones (excluding diaryl/α,β-unsaturated/α-hetero) is 1. The molecule has 1 rings (SSSR count). The summed E-state index contributed by atoms with van der Waals surface area (Å²) in [5.74, 6) is 0.116. The average Bonchev–Trinajstić information content (AvgIpc) is 2.38. The van der Waals surface area contributed by atoms with Crippen molar-refractivity contribution in [3.8, 4) is 0 Å². The maximum atomic E-state index is 11.9. The molecule has 0 radical (unpaired) electrons. The average molecular weight is 248 g/mol. The van der Waals surface area contributed by atoms with Gasteiger partial charge in [-0.05, 0) is 51.2 Å². The number of ketones is 1. The number of rotatable bonds is 6. The monoisotopic (exact) mass is 248 g/mol. The van der Waals surface area contributed by atoms with E-state index < -0.39 is 0 Å². The molecule has 0 aliphatic carbocycles. The van der Waals surface area contributed by atoms with Crippen LogP contribution in [0.3, 0.4) is 0 Å². The van der Waals surface area contributed by atoms with Gasteiger partial charge in [0.2, 0.25) is 5.91 Å². The Balaban J connectivity index is 2.63. The zero-order valence-electron chi connectivity index (χ0n) is 11.2. The summed E-state index contributed by atoms with van der Waals surface area (Å²) >= 11 is 0. The number of benzene rings is 1. The molecule has 1 N–H and O–H groups in total. The zero-order chi connectivity index (χ0) is 13.5. The van der Waals surface area contributed by atoms with Crippen molar-refractivity contribution in [2.75, 3.05) is 25.5 Å². The third-order valence-electron chi connectivity index (χ3n) is 2.85. The molecule has 98 valence electrons. The molecule has 0 aliphatic rings. The molecular formula is C14H20N2O2. The molecular weight excluding hydrogens is 228 g/mol. The van der Waals surface area contributed by atoms with Gasteiger partial charge < -0.3 is 10.2 Å². The molecule has 1 aromatic rings. The fourth-order valence-electron chi connectivity index (χ4n) is 1.65. The summed E-state index contributed by atoms with van der Waals surface area (Å²) < 4.78 is 0. The third-order valence-corrected chi connectivity index (χ3v) is 2.85. The highest BCUT2D eigenvalue weighted by atomic mass is 16.2. The molecule has 1 amide bonds. The Labute approximate surface area is 108 Å². The molecule has 0 saturated heterocycles. The fraction of sp³-hybridized carbons (Fsp3) is 0.429. The Morgan fingerprint density at radius 3 is 2.33 bits per heavy atom. The van der Waals surface area contributed by atoms with Crippen LogP contribution in [0.1, 0.15) is 30.1 Å². The van der Waals surface area contributed by atoms with Crippen LogP contribution < -0.4 is 10.2 Å². The molecule has 0 saturated carbocycles. The summed E-state index contributed by atoms with van der Waals surface area (Å²) in [6, 6.07) is 7.09. The van der Waals surface area contributed by atoms with Crippen molar-refractivity contribution >= 4 is 17.4 Å². The third kappa shape index (κ3) is 3.96. The number of carbonyl (C=O) groups excluding carboxylic acids is 2. The lowest BCUT2D eigenvalue weighted by Crippen LogP contribution is -2.26. The summed E-state index contributed by atoms with van der Waals surface area (Å²) in [5.41, 5.74) is 1.48. The van der Waals surface area contributed by atoms with E-state index in [2.05, 4.69) is 5.32 Å². The van der Waals surface area contributed by atoms with Crippen LogP contribution in [0.15, 0.2) is 24.3 Å². The van der Waals surface area contributed by atoms with E-state index >= 15 is 0 Å². The van der Waals surface area contributed by atoms with Crippen molar-refractivity contribution in [1.29, 1.82) is 0 Å². The Morgan fingerprint density at radius 1 is 1.22 bits per heavy atom. The maximum Gasteiger partial charge on any atom is 0.226 e. The second kappa shape index (κ2) is 6.91. The van der Waals surface area contributed by atoms with Crippen molar-refractivity contribution in [2.24, 2.45) is 0 Å². The van der Waals surface area contributed by atoms with Gasteiger partial charge in [0.05, 0.1) is 0 Å². The summed E-state index contributed by atoms with van der Waals surface area (Å²) in [4.78, 5) is 24.6. The highest BCUT2D eigenvalue weighted by Crippen LogP contribution is 2.15. The van der Waals surface area contributed by atoms with Gasteiger partial charge in [0, 0.05) is 24.7 Å². The molecule has 0 fully saturated rings. The van der Waals surface area contributed by atoms with E-state index in [9.17, 15) is 9.59 Å². The zero-order valence-corrected chi connectivity index (χ0v) is 11.2. The predicted octanol–water partition coefficient (Wildman–Crippen LogP) is 1.85. The lowest BCUT2D eigenvalue weighted by Gasteiger charge is -2.17. The normalized spacial score (nSPS) is 10.2. The molecule has 0 spiro atoms. The van der Waals surface area contributed by atoms with Crippen LogP contribution in [0.2, 0.25) is 0 Å². The Bertz CT molecular complexity index is 412. The van der Waals surface area contributed by atoms with Crippen molar-refractivity contribution in [3.63, 3.8) is 0 Å². The number of amides is 1. The summed E-state index contributed by atoms with van der Waals surface area (Å²) in [6.45, 7) is 2.37. The van der Waals surface area contributed by atoms with E-state index in [4.69, 9.17) is 0 Å².